The molecule has 0 amide bonds. The van der Waals surface area contributed by atoms with Crippen LogP contribution in [-0.4, -0.2) is 6.04 Å². The SMILES string of the molecule is CCC(N)C(Oc1ccc(Cl)c(F)c1)c1ccc(Cl)cc1. The van der Waals surface area contributed by atoms with Crippen molar-refractivity contribution in [2.45, 2.75) is 25.5 Å². The average molecular weight is 328 g/mol. The number of benzene rings is 2. The highest BCUT2D eigenvalue weighted by molar-refractivity contribution is 6.30. The standard InChI is InChI=1S/C16H16Cl2FNO/c1-2-15(20)16(10-3-5-11(17)6-4-10)21-12-7-8-13(18)14(19)9-12/h3-9,15-16H,2,20H2,1H3. The molecule has 0 radical (unpaired) electrons. The summed E-state index contributed by atoms with van der Waals surface area (Å²) < 4.78 is 19.4. The molecule has 0 saturated heterocycles. The van der Waals surface area contributed by atoms with Gasteiger partial charge in [-0.25, -0.2) is 4.39 Å². The minimum atomic E-state index is -0.519. The smallest absolute Gasteiger partial charge is 0.145 e. The lowest BCUT2D eigenvalue weighted by molar-refractivity contribution is 0.170. The zero-order valence-electron chi connectivity index (χ0n) is 11.5. The molecule has 2 unspecified atom stereocenters. The summed E-state index contributed by atoms with van der Waals surface area (Å²) in [5.41, 5.74) is 7.02. The Morgan fingerprint density at radius 1 is 1.14 bits per heavy atom. The Kier molecular flexibility index (Phi) is 5.45. The highest BCUT2D eigenvalue weighted by Crippen LogP contribution is 2.28. The van der Waals surface area contributed by atoms with Crippen molar-refractivity contribution in [3.05, 3.63) is 63.9 Å². The second-order valence-corrected chi connectivity index (χ2v) is 5.58. The maximum Gasteiger partial charge on any atom is 0.145 e. The van der Waals surface area contributed by atoms with Crippen molar-refractivity contribution >= 4 is 23.2 Å². The van der Waals surface area contributed by atoms with E-state index in [2.05, 4.69) is 0 Å². The fourth-order valence-corrected chi connectivity index (χ4v) is 2.21. The molecule has 21 heavy (non-hydrogen) atoms. The van der Waals surface area contributed by atoms with Crippen molar-refractivity contribution < 1.29 is 9.13 Å². The van der Waals surface area contributed by atoms with Crippen molar-refractivity contribution in [2.75, 3.05) is 0 Å². The van der Waals surface area contributed by atoms with E-state index in [1.807, 2.05) is 19.1 Å². The molecule has 0 aliphatic carbocycles. The van der Waals surface area contributed by atoms with Gasteiger partial charge in [-0.1, -0.05) is 42.3 Å². The third kappa shape index (κ3) is 4.10. The summed E-state index contributed by atoms with van der Waals surface area (Å²) in [5.74, 6) is -0.130. The van der Waals surface area contributed by atoms with Crippen LogP contribution in [0, 0.1) is 5.82 Å². The molecule has 2 aromatic rings. The summed E-state index contributed by atoms with van der Waals surface area (Å²) in [7, 11) is 0. The second kappa shape index (κ2) is 7.12. The number of hydrogen-bond acceptors (Lipinski definition) is 2. The first kappa shape index (κ1) is 16.1. The number of halogens is 3. The molecule has 2 rings (SSSR count). The first-order valence-corrected chi connectivity index (χ1v) is 7.39. The molecule has 2 atom stereocenters. The van der Waals surface area contributed by atoms with Crippen LogP contribution in [-0.2, 0) is 0 Å². The summed E-state index contributed by atoms with van der Waals surface area (Å²) in [6, 6.07) is 11.4. The minimum absolute atomic E-state index is 0.0604. The fraction of sp³-hybridized carbons (Fsp3) is 0.250. The summed E-state index contributed by atoms with van der Waals surface area (Å²) in [4.78, 5) is 0. The Morgan fingerprint density at radius 2 is 1.81 bits per heavy atom. The number of ether oxygens (including phenoxy) is 1. The zero-order chi connectivity index (χ0) is 15.4. The lowest BCUT2D eigenvalue weighted by Gasteiger charge is -2.25. The number of nitrogens with two attached hydrogens (primary N) is 1. The minimum Gasteiger partial charge on any atom is -0.484 e. The summed E-state index contributed by atoms with van der Waals surface area (Å²) in [6.45, 7) is 1.97. The molecule has 2 N–H and O–H groups in total. The molecule has 0 saturated carbocycles. The monoisotopic (exact) mass is 327 g/mol. The topological polar surface area (TPSA) is 35.2 Å². The van der Waals surface area contributed by atoms with Crippen LogP contribution in [0.2, 0.25) is 10.0 Å². The molecule has 0 fully saturated rings. The van der Waals surface area contributed by atoms with Crippen LogP contribution in [0.4, 0.5) is 4.39 Å². The van der Waals surface area contributed by atoms with E-state index >= 15 is 0 Å². The molecule has 0 aliphatic rings. The van der Waals surface area contributed by atoms with Crippen molar-refractivity contribution in [3.8, 4) is 5.75 Å². The van der Waals surface area contributed by atoms with Crippen LogP contribution in [0.25, 0.3) is 0 Å². The van der Waals surface area contributed by atoms with Gasteiger partial charge in [-0.2, -0.15) is 0 Å². The van der Waals surface area contributed by atoms with Crippen LogP contribution in [0.5, 0.6) is 5.75 Å². The van der Waals surface area contributed by atoms with Crippen LogP contribution in [0.3, 0.4) is 0 Å². The van der Waals surface area contributed by atoms with Gasteiger partial charge in [-0.05, 0) is 36.2 Å². The van der Waals surface area contributed by atoms with Gasteiger partial charge in [0.1, 0.15) is 17.7 Å². The van der Waals surface area contributed by atoms with E-state index in [0.29, 0.717) is 10.8 Å². The van der Waals surface area contributed by atoms with E-state index in [9.17, 15) is 4.39 Å². The molecule has 112 valence electrons. The maximum atomic E-state index is 13.5. The van der Waals surface area contributed by atoms with E-state index in [1.165, 1.54) is 12.1 Å². The van der Waals surface area contributed by atoms with Gasteiger partial charge < -0.3 is 10.5 Å². The molecule has 2 aromatic carbocycles. The van der Waals surface area contributed by atoms with Gasteiger partial charge in [0.25, 0.3) is 0 Å². The fourth-order valence-electron chi connectivity index (χ4n) is 1.97. The first-order valence-electron chi connectivity index (χ1n) is 6.64. The normalized spacial score (nSPS) is 13.8. The zero-order valence-corrected chi connectivity index (χ0v) is 13.0. The van der Waals surface area contributed by atoms with E-state index in [0.717, 1.165) is 12.0 Å². The van der Waals surface area contributed by atoms with Crippen molar-refractivity contribution in [1.29, 1.82) is 0 Å². The second-order valence-electron chi connectivity index (χ2n) is 4.74. The summed E-state index contributed by atoms with van der Waals surface area (Å²) in [6.07, 6.45) is 0.344. The van der Waals surface area contributed by atoms with Crippen LogP contribution in [0.1, 0.15) is 25.0 Å². The number of hydrogen-bond donors (Lipinski definition) is 1. The Labute approximate surface area is 133 Å². The van der Waals surface area contributed by atoms with Crippen LogP contribution >= 0.6 is 23.2 Å². The summed E-state index contributed by atoms with van der Waals surface area (Å²) in [5, 5.41) is 0.699. The molecule has 5 heteroatoms. The van der Waals surface area contributed by atoms with E-state index in [1.54, 1.807) is 18.2 Å². The third-order valence-electron chi connectivity index (χ3n) is 3.21. The lowest BCUT2D eigenvalue weighted by Crippen LogP contribution is -2.31. The van der Waals surface area contributed by atoms with E-state index < -0.39 is 5.82 Å². The highest BCUT2D eigenvalue weighted by Gasteiger charge is 2.21. The van der Waals surface area contributed by atoms with Gasteiger partial charge in [0, 0.05) is 17.1 Å². The molecule has 0 bridgehead atoms. The Balaban J connectivity index is 2.28. The Morgan fingerprint density at radius 3 is 2.38 bits per heavy atom. The first-order chi connectivity index (χ1) is 10.0. The lowest BCUT2D eigenvalue weighted by atomic mass is 10.0. The molecule has 0 spiro atoms. The van der Waals surface area contributed by atoms with Crippen molar-refractivity contribution in [3.63, 3.8) is 0 Å². The highest BCUT2D eigenvalue weighted by atomic mass is 35.5. The van der Waals surface area contributed by atoms with Crippen LogP contribution < -0.4 is 10.5 Å². The quantitative estimate of drug-likeness (QED) is 0.839. The van der Waals surface area contributed by atoms with E-state index in [4.69, 9.17) is 33.7 Å². The predicted molar refractivity (Wildman–Crippen MR) is 84.5 cm³/mol. The molecule has 0 aliphatic heterocycles. The maximum absolute atomic E-state index is 13.5. The molecule has 2 nitrogen and oxygen atoms in total. The van der Waals surface area contributed by atoms with Gasteiger partial charge in [0.15, 0.2) is 0 Å². The average Bonchev–Trinajstić information content (AvgIpc) is 2.48. The van der Waals surface area contributed by atoms with E-state index in [-0.39, 0.29) is 17.2 Å². The Bertz CT molecular complexity index is 604. The largest absolute Gasteiger partial charge is 0.484 e. The van der Waals surface area contributed by atoms with Gasteiger partial charge in [0.2, 0.25) is 0 Å². The van der Waals surface area contributed by atoms with Gasteiger partial charge in [0.05, 0.1) is 5.02 Å². The van der Waals surface area contributed by atoms with Gasteiger partial charge in [-0.3, -0.25) is 0 Å². The van der Waals surface area contributed by atoms with Gasteiger partial charge >= 0.3 is 0 Å². The summed E-state index contributed by atoms with van der Waals surface area (Å²) >= 11 is 11.6. The third-order valence-corrected chi connectivity index (χ3v) is 3.77. The molecule has 0 aromatic heterocycles. The van der Waals surface area contributed by atoms with Crippen LogP contribution in [0.15, 0.2) is 42.5 Å². The molecular formula is C16H16Cl2FNO. The van der Waals surface area contributed by atoms with Gasteiger partial charge in [-0.15, -0.1) is 0 Å². The predicted octanol–water partition coefficient (Wildman–Crippen LogP) is 4.99. The van der Waals surface area contributed by atoms with Crippen molar-refractivity contribution in [1.82, 2.24) is 0 Å². The molecule has 0 heterocycles. The van der Waals surface area contributed by atoms with Crippen molar-refractivity contribution in [2.24, 2.45) is 5.73 Å². The Hall–Kier alpha value is -1.29. The molecular weight excluding hydrogens is 312 g/mol. The number of rotatable bonds is 5.